The van der Waals surface area contributed by atoms with Gasteiger partial charge in [-0.05, 0) is 38.2 Å². The number of aryl methyl sites for hydroxylation is 1. The molecule has 162 valence electrons. The SMILES string of the molecule is Cc1ncc(-c2cnc3cnc(NC(=O)c4ccnc(N5CCN(C)CC5)c4)cc3c2)s1. The van der Waals surface area contributed by atoms with Crippen molar-refractivity contribution in [1.82, 2.24) is 24.8 Å². The zero-order valence-corrected chi connectivity index (χ0v) is 18.8. The Morgan fingerprint density at radius 3 is 2.62 bits per heavy atom. The van der Waals surface area contributed by atoms with Gasteiger partial charge in [-0.15, -0.1) is 11.3 Å². The van der Waals surface area contributed by atoms with Crippen LogP contribution in [0.3, 0.4) is 0 Å². The summed E-state index contributed by atoms with van der Waals surface area (Å²) in [6.45, 7) is 5.74. The molecular weight excluding hydrogens is 422 g/mol. The first-order chi connectivity index (χ1) is 15.5. The van der Waals surface area contributed by atoms with E-state index in [1.54, 1.807) is 29.8 Å². The predicted molar refractivity (Wildman–Crippen MR) is 127 cm³/mol. The molecule has 32 heavy (non-hydrogen) atoms. The van der Waals surface area contributed by atoms with Gasteiger partial charge in [0.2, 0.25) is 0 Å². The molecule has 4 aromatic rings. The number of piperazine rings is 1. The molecule has 8 nitrogen and oxygen atoms in total. The van der Waals surface area contributed by atoms with Gasteiger partial charge >= 0.3 is 0 Å². The van der Waals surface area contributed by atoms with Crippen molar-refractivity contribution in [2.24, 2.45) is 0 Å². The molecular formula is C23H23N7OS. The molecule has 0 atom stereocenters. The summed E-state index contributed by atoms with van der Waals surface area (Å²) in [5.41, 5.74) is 2.33. The smallest absolute Gasteiger partial charge is 0.257 e. The monoisotopic (exact) mass is 445 g/mol. The van der Waals surface area contributed by atoms with Crippen molar-refractivity contribution in [1.29, 1.82) is 0 Å². The summed E-state index contributed by atoms with van der Waals surface area (Å²) in [5.74, 6) is 1.10. The van der Waals surface area contributed by atoms with Gasteiger partial charge in [-0.3, -0.25) is 9.78 Å². The number of hydrogen-bond acceptors (Lipinski definition) is 8. The van der Waals surface area contributed by atoms with Crippen LogP contribution in [0.5, 0.6) is 0 Å². The van der Waals surface area contributed by atoms with E-state index in [2.05, 4.69) is 42.1 Å². The Bertz CT molecular complexity index is 1280. The number of anilines is 2. The number of likely N-dealkylation sites (N-methyl/N-ethyl adjacent to an activating group) is 1. The lowest BCUT2D eigenvalue weighted by Gasteiger charge is -2.33. The third-order valence-electron chi connectivity index (χ3n) is 5.55. The number of hydrogen-bond donors (Lipinski definition) is 1. The molecule has 0 aromatic carbocycles. The Morgan fingerprint density at radius 2 is 1.84 bits per heavy atom. The fourth-order valence-corrected chi connectivity index (χ4v) is 4.44. The average molecular weight is 446 g/mol. The van der Waals surface area contributed by atoms with Gasteiger partial charge in [0.1, 0.15) is 11.6 Å². The van der Waals surface area contributed by atoms with E-state index >= 15 is 0 Å². The molecule has 1 N–H and O–H groups in total. The van der Waals surface area contributed by atoms with E-state index in [1.165, 1.54) is 0 Å². The molecule has 1 fully saturated rings. The Kier molecular flexibility index (Phi) is 5.50. The zero-order chi connectivity index (χ0) is 22.1. The summed E-state index contributed by atoms with van der Waals surface area (Å²) in [4.78, 5) is 36.1. The van der Waals surface area contributed by atoms with Crippen molar-refractivity contribution in [3.63, 3.8) is 0 Å². The molecule has 4 aromatic heterocycles. The van der Waals surface area contributed by atoms with Gasteiger partial charge in [0, 0.05) is 61.3 Å². The van der Waals surface area contributed by atoms with Crippen LogP contribution in [-0.4, -0.2) is 64.0 Å². The van der Waals surface area contributed by atoms with Gasteiger partial charge < -0.3 is 15.1 Å². The lowest BCUT2D eigenvalue weighted by molar-refractivity contribution is 0.102. The molecule has 0 saturated carbocycles. The Morgan fingerprint density at radius 1 is 1.00 bits per heavy atom. The number of nitrogens with zero attached hydrogens (tertiary/aromatic N) is 6. The van der Waals surface area contributed by atoms with E-state index in [0.717, 1.165) is 58.3 Å². The second-order valence-corrected chi connectivity index (χ2v) is 9.11. The number of rotatable bonds is 4. The van der Waals surface area contributed by atoms with Crippen molar-refractivity contribution in [3.05, 3.63) is 59.6 Å². The standard InChI is InChI=1S/C23H23N7OS/c1-15-25-14-20(32-15)18-9-17-10-21(27-13-19(17)26-12-18)28-23(31)16-3-4-24-22(11-16)30-7-5-29(2)6-8-30/h3-4,9-14H,5-8H2,1-2H3,(H,27,28,31). The molecule has 5 heterocycles. The molecule has 0 aliphatic carbocycles. The summed E-state index contributed by atoms with van der Waals surface area (Å²) < 4.78 is 0. The number of aromatic nitrogens is 4. The second kappa shape index (κ2) is 8.60. The lowest BCUT2D eigenvalue weighted by Crippen LogP contribution is -2.44. The fourth-order valence-electron chi connectivity index (χ4n) is 3.69. The van der Waals surface area contributed by atoms with E-state index < -0.39 is 0 Å². The van der Waals surface area contributed by atoms with Crippen LogP contribution in [0.2, 0.25) is 0 Å². The Labute approximate surface area is 190 Å². The molecule has 9 heteroatoms. The third kappa shape index (κ3) is 4.30. The maximum absolute atomic E-state index is 12.9. The second-order valence-electron chi connectivity index (χ2n) is 7.88. The average Bonchev–Trinajstić information content (AvgIpc) is 3.25. The normalized spacial score (nSPS) is 14.6. The van der Waals surface area contributed by atoms with Crippen LogP contribution in [0.4, 0.5) is 11.6 Å². The molecule has 5 rings (SSSR count). The maximum Gasteiger partial charge on any atom is 0.257 e. The van der Waals surface area contributed by atoms with Crippen molar-refractivity contribution in [3.8, 4) is 10.4 Å². The quantitative estimate of drug-likeness (QED) is 0.515. The van der Waals surface area contributed by atoms with Crippen LogP contribution >= 0.6 is 11.3 Å². The number of carbonyl (C=O) groups is 1. The van der Waals surface area contributed by atoms with Crippen LogP contribution in [0, 0.1) is 6.92 Å². The van der Waals surface area contributed by atoms with Crippen LogP contribution in [0.25, 0.3) is 21.3 Å². The lowest BCUT2D eigenvalue weighted by atomic mass is 10.2. The van der Waals surface area contributed by atoms with Gasteiger partial charge in [-0.2, -0.15) is 0 Å². The summed E-state index contributed by atoms with van der Waals surface area (Å²) in [5, 5.41) is 4.83. The summed E-state index contributed by atoms with van der Waals surface area (Å²) in [7, 11) is 2.11. The van der Waals surface area contributed by atoms with Gasteiger partial charge in [0.15, 0.2) is 0 Å². The topological polar surface area (TPSA) is 87.1 Å². The highest BCUT2D eigenvalue weighted by molar-refractivity contribution is 7.15. The molecule has 0 bridgehead atoms. The van der Waals surface area contributed by atoms with E-state index in [-0.39, 0.29) is 5.91 Å². The van der Waals surface area contributed by atoms with Crippen LogP contribution in [0.15, 0.2) is 49.1 Å². The molecule has 0 spiro atoms. The number of amides is 1. The first-order valence-electron chi connectivity index (χ1n) is 10.4. The van der Waals surface area contributed by atoms with Gasteiger partial charge in [-0.1, -0.05) is 0 Å². The van der Waals surface area contributed by atoms with Gasteiger partial charge in [0.05, 0.1) is 21.6 Å². The third-order valence-corrected chi connectivity index (χ3v) is 6.51. The molecule has 1 saturated heterocycles. The van der Waals surface area contributed by atoms with Crippen molar-refractivity contribution >= 4 is 39.8 Å². The summed E-state index contributed by atoms with van der Waals surface area (Å²) in [6, 6.07) is 7.46. The van der Waals surface area contributed by atoms with E-state index in [0.29, 0.717) is 11.4 Å². The van der Waals surface area contributed by atoms with E-state index in [1.807, 2.05) is 37.5 Å². The van der Waals surface area contributed by atoms with E-state index in [4.69, 9.17) is 0 Å². The fraction of sp³-hybridized carbons (Fsp3) is 0.261. The highest BCUT2D eigenvalue weighted by Gasteiger charge is 2.17. The molecule has 1 amide bonds. The highest BCUT2D eigenvalue weighted by atomic mass is 32.1. The summed E-state index contributed by atoms with van der Waals surface area (Å²) in [6.07, 6.45) is 7.04. The Hall–Kier alpha value is -3.43. The maximum atomic E-state index is 12.9. The molecule has 0 radical (unpaired) electrons. The highest BCUT2D eigenvalue weighted by Crippen LogP contribution is 2.28. The number of pyridine rings is 3. The van der Waals surface area contributed by atoms with Gasteiger partial charge in [-0.25, -0.2) is 15.0 Å². The number of carbonyl (C=O) groups excluding carboxylic acids is 1. The molecule has 1 aliphatic rings. The Balaban J connectivity index is 1.36. The van der Waals surface area contributed by atoms with E-state index in [9.17, 15) is 4.79 Å². The van der Waals surface area contributed by atoms with Crippen molar-refractivity contribution < 1.29 is 4.79 Å². The van der Waals surface area contributed by atoms with Crippen molar-refractivity contribution in [2.45, 2.75) is 6.92 Å². The minimum atomic E-state index is -0.211. The van der Waals surface area contributed by atoms with Crippen LogP contribution < -0.4 is 10.2 Å². The first kappa shape index (κ1) is 20.5. The van der Waals surface area contributed by atoms with Crippen LogP contribution in [0.1, 0.15) is 15.4 Å². The first-order valence-corrected chi connectivity index (χ1v) is 11.3. The number of fused-ring (bicyclic) bond motifs is 1. The molecule has 1 aliphatic heterocycles. The van der Waals surface area contributed by atoms with Gasteiger partial charge in [0.25, 0.3) is 5.91 Å². The van der Waals surface area contributed by atoms with Crippen LogP contribution in [-0.2, 0) is 0 Å². The summed E-state index contributed by atoms with van der Waals surface area (Å²) >= 11 is 1.63. The number of thiazole rings is 1. The van der Waals surface area contributed by atoms with Crippen molar-refractivity contribution in [2.75, 3.05) is 43.4 Å². The largest absolute Gasteiger partial charge is 0.354 e. The predicted octanol–water partition coefficient (Wildman–Crippen LogP) is 3.46. The minimum absolute atomic E-state index is 0.211. The zero-order valence-electron chi connectivity index (χ0n) is 17.9. The minimum Gasteiger partial charge on any atom is -0.354 e. The molecule has 0 unspecified atom stereocenters. The number of nitrogens with one attached hydrogen (secondary N) is 1.